The largest absolute Gasteiger partial charge is 0.465 e. The fraction of sp³-hybridized carbons (Fsp3) is 0.412. The zero-order valence-electron chi connectivity index (χ0n) is 12.8. The smallest absolute Gasteiger partial charge is 0.404 e. The number of nitrogens with one attached hydrogen (secondary N) is 1. The summed E-state index contributed by atoms with van der Waals surface area (Å²) >= 11 is 6.06. The summed E-state index contributed by atoms with van der Waals surface area (Å²) in [6, 6.07) is 7.88. The molecule has 0 atom stereocenters. The summed E-state index contributed by atoms with van der Waals surface area (Å²) in [5.41, 5.74) is 0. The molecule has 1 aromatic heterocycles. The van der Waals surface area contributed by atoms with Gasteiger partial charge in [0.25, 0.3) is 0 Å². The number of pyridine rings is 1. The van der Waals surface area contributed by atoms with Crippen molar-refractivity contribution in [2.45, 2.75) is 19.3 Å². The molecule has 5 nitrogen and oxygen atoms in total. The van der Waals surface area contributed by atoms with E-state index in [4.69, 9.17) is 16.7 Å². The van der Waals surface area contributed by atoms with Gasteiger partial charge in [-0.15, -0.1) is 0 Å². The van der Waals surface area contributed by atoms with E-state index in [0.717, 1.165) is 54.0 Å². The van der Waals surface area contributed by atoms with Crippen molar-refractivity contribution in [3.63, 3.8) is 0 Å². The average molecular weight is 334 g/mol. The van der Waals surface area contributed by atoms with E-state index in [2.05, 4.69) is 15.2 Å². The average Bonchev–Trinajstić information content (AvgIpc) is 2.54. The third-order valence-corrected chi connectivity index (χ3v) is 4.68. The standard InChI is InChI=1S/C17H20ClN3O2/c18-14-1-2-15-13(11-14)4-8-19-16(15)21-9-5-12(6-10-21)3-7-20-17(22)23/h1-2,4,8,11-12,20H,3,5-7,9-10H2,(H,22,23). The van der Waals surface area contributed by atoms with Gasteiger partial charge in [-0.1, -0.05) is 11.6 Å². The molecular formula is C17H20ClN3O2. The van der Waals surface area contributed by atoms with E-state index in [1.165, 1.54) is 0 Å². The summed E-state index contributed by atoms with van der Waals surface area (Å²) in [6.07, 6.45) is 3.91. The van der Waals surface area contributed by atoms with Crippen LogP contribution in [-0.4, -0.2) is 35.8 Å². The Labute approximate surface area is 140 Å². The molecule has 1 saturated heterocycles. The first kappa shape index (κ1) is 15.9. The van der Waals surface area contributed by atoms with Crippen LogP contribution in [0.4, 0.5) is 10.6 Å². The molecule has 1 amide bonds. The van der Waals surface area contributed by atoms with E-state index < -0.39 is 6.09 Å². The van der Waals surface area contributed by atoms with Crippen LogP contribution in [0.3, 0.4) is 0 Å². The number of nitrogens with zero attached hydrogens (tertiary/aromatic N) is 2. The number of hydrogen-bond acceptors (Lipinski definition) is 3. The van der Waals surface area contributed by atoms with Crippen LogP contribution in [-0.2, 0) is 0 Å². The summed E-state index contributed by atoms with van der Waals surface area (Å²) in [6.45, 7) is 2.43. The molecule has 1 aliphatic heterocycles. The number of hydrogen-bond donors (Lipinski definition) is 2. The number of aromatic nitrogens is 1. The Morgan fingerprint density at radius 1 is 1.35 bits per heavy atom. The first-order valence-corrected chi connectivity index (χ1v) is 8.27. The van der Waals surface area contributed by atoms with E-state index >= 15 is 0 Å². The van der Waals surface area contributed by atoms with Gasteiger partial charge in [-0.2, -0.15) is 0 Å². The Kier molecular flexibility index (Phi) is 4.86. The minimum absolute atomic E-state index is 0.533. The molecule has 3 rings (SSSR count). The second kappa shape index (κ2) is 7.04. The lowest BCUT2D eigenvalue weighted by atomic mass is 9.93. The van der Waals surface area contributed by atoms with Crippen molar-refractivity contribution in [2.24, 2.45) is 5.92 Å². The number of fused-ring (bicyclic) bond motifs is 1. The SMILES string of the molecule is O=C(O)NCCC1CCN(c2nccc3cc(Cl)ccc23)CC1. The molecule has 2 N–H and O–H groups in total. The van der Waals surface area contributed by atoms with Crippen molar-refractivity contribution in [1.82, 2.24) is 10.3 Å². The van der Waals surface area contributed by atoms with Gasteiger partial charge in [0.05, 0.1) is 0 Å². The third-order valence-electron chi connectivity index (χ3n) is 4.45. The van der Waals surface area contributed by atoms with Crippen molar-refractivity contribution in [3.8, 4) is 0 Å². The molecule has 0 saturated carbocycles. The van der Waals surface area contributed by atoms with Gasteiger partial charge in [0.1, 0.15) is 5.82 Å². The van der Waals surface area contributed by atoms with E-state index in [1.54, 1.807) is 0 Å². The van der Waals surface area contributed by atoms with Gasteiger partial charge >= 0.3 is 6.09 Å². The molecule has 0 spiro atoms. The highest BCUT2D eigenvalue weighted by Gasteiger charge is 2.21. The van der Waals surface area contributed by atoms with Crippen LogP contribution in [0.1, 0.15) is 19.3 Å². The molecule has 1 fully saturated rings. The second-order valence-electron chi connectivity index (χ2n) is 5.95. The van der Waals surface area contributed by atoms with Gasteiger partial charge < -0.3 is 15.3 Å². The van der Waals surface area contributed by atoms with Gasteiger partial charge in [0, 0.05) is 36.2 Å². The Morgan fingerprint density at radius 3 is 2.87 bits per heavy atom. The summed E-state index contributed by atoms with van der Waals surface area (Å²) in [5.74, 6) is 1.59. The summed E-state index contributed by atoms with van der Waals surface area (Å²) in [7, 11) is 0. The van der Waals surface area contributed by atoms with Crippen LogP contribution in [0, 0.1) is 5.92 Å². The van der Waals surface area contributed by atoms with E-state index in [1.807, 2.05) is 30.5 Å². The Balaban J connectivity index is 1.65. The highest BCUT2D eigenvalue weighted by Crippen LogP contribution is 2.30. The summed E-state index contributed by atoms with van der Waals surface area (Å²) in [4.78, 5) is 17.4. The summed E-state index contributed by atoms with van der Waals surface area (Å²) < 4.78 is 0. The van der Waals surface area contributed by atoms with Gasteiger partial charge in [-0.3, -0.25) is 0 Å². The molecule has 2 heterocycles. The monoisotopic (exact) mass is 333 g/mol. The zero-order chi connectivity index (χ0) is 16.2. The first-order chi connectivity index (χ1) is 11.1. The molecule has 0 unspecified atom stereocenters. The maximum absolute atomic E-state index is 10.5. The van der Waals surface area contributed by atoms with E-state index in [-0.39, 0.29) is 0 Å². The molecular weight excluding hydrogens is 314 g/mol. The van der Waals surface area contributed by atoms with Crippen molar-refractivity contribution in [3.05, 3.63) is 35.5 Å². The van der Waals surface area contributed by atoms with Gasteiger partial charge in [-0.25, -0.2) is 9.78 Å². The fourth-order valence-electron chi connectivity index (χ4n) is 3.20. The van der Waals surface area contributed by atoms with Gasteiger partial charge in [0.2, 0.25) is 0 Å². The highest BCUT2D eigenvalue weighted by molar-refractivity contribution is 6.31. The van der Waals surface area contributed by atoms with Crippen LogP contribution in [0.25, 0.3) is 10.8 Å². The summed E-state index contributed by atoms with van der Waals surface area (Å²) in [5, 5.41) is 14.0. The molecule has 23 heavy (non-hydrogen) atoms. The third kappa shape index (κ3) is 3.85. The highest BCUT2D eigenvalue weighted by atomic mass is 35.5. The van der Waals surface area contributed by atoms with Crippen LogP contribution in [0.15, 0.2) is 30.5 Å². The van der Waals surface area contributed by atoms with Crippen LogP contribution in [0.5, 0.6) is 0 Å². The van der Waals surface area contributed by atoms with Crippen LogP contribution < -0.4 is 10.2 Å². The van der Waals surface area contributed by atoms with E-state index in [9.17, 15) is 4.79 Å². The molecule has 1 aliphatic rings. The lowest BCUT2D eigenvalue weighted by Crippen LogP contribution is -2.35. The van der Waals surface area contributed by atoms with Crippen LogP contribution in [0.2, 0.25) is 5.02 Å². The molecule has 0 aliphatic carbocycles. The molecule has 1 aromatic carbocycles. The van der Waals surface area contributed by atoms with Gasteiger partial charge in [0.15, 0.2) is 0 Å². The Morgan fingerprint density at radius 2 is 2.13 bits per heavy atom. The lowest BCUT2D eigenvalue weighted by molar-refractivity contribution is 0.193. The number of piperidine rings is 1. The van der Waals surface area contributed by atoms with Gasteiger partial charge in [-0.05, 0) is 54.8 Å². The fourth-order valence-corrected chi connectivity index (χ4v) is 3.38. The first-order valence-electron chi connectivity index (χ1n) is 7.89. The number of anilines is 1. The van der Waals surface area contributed by atoms with Crippen molar-refractivity contribution >= 4 is 34.3 Å². The minimum atomic E-state index is -0.943. The maximum Gasteiger partial charge on any atom is 0.404 e. The second-order valence-corrected chi connectivity index (χ2v) is 6.39. The lowest BCUT2D eigenvalue weighted by Gasteiger charge is -2.33. The Bertz CT molecular complexity index is 699. The zero-order valence-corrected chi connectivity index (χ0v) is 13.6. The van der Waals surface area contributed by atoms with Crippen molar-refractivity contribution in [2.75, 3.05) is 24.5 Å². The molecule has 122 valence electrons. The number of benzene rings is 1. The molecule has 2 aromatic rings. The van der Waals surface area contributed by atoms with Crippen molar-refractivity contribution < 1.29 is 9.90 Å². The minimum Gasteiger partial charge on any atom is -0.465 e. The topological polar surface area (TPSA) is 65.5 Å². The Hall–Kier alpha value is -2.01. The maximum atomic E-state index is 10.5. The quantitative estimate of drug-likeness (QED) is 0.894. The predicted molar refractivity (Wildman–Crippen MR) is 92.3 cm³/mol. The number of amides is 1. The number of halogens is 1. The number of carboxylic acid groups (broad SMARTS) is 1. The van der Waals surface area contributed by atoms with Crippen molar-refractivity contribution in [1.29, 1.82) is 0 Å². The molecule has 6 heteroatoms. The number of carbonyl (C=O) groups is 1. The molecule has 0 bridgehead atoms. The predicted octanol–water partition coefficient (Wildman–Crippen LogP) is 3.76. The normalized spacial score (nSPS) is 15.8. The van der Waals surface area contributed by atoms with Crippen LogP contribution >= 0.6 is 11.6 Å². The van der Waals surface area contributed by atoms with E-state index in [0.29, 0.717) is 12.5 Å². The number of rotatable bonds is 4. The molecule has 0 radical (unpaired) electrons.